The maximum absolute atomic E-state index is 14.3. The van der Waals surface area contributed by atoms with Crippen molar-refractivity contribution in [3.8, 4) is 0 Å². The lowest BCUT2D eigenvalue weighted by atomic mass is 9.32. The molecule has 2 amide bonds. The van der Waals surface area contributed by atoms with Crippen LogP contribution < -0.4 is 14.9 Å². The number of thioether (sulfide) groups is 1. The summed E-state index contributed by atoms with van der Waals surface area (Å²) in [5, 5.41) is 12.2. The van der Waals surface area contributed by atoms with Gasteiger partial charge in [0, 0.05) is 104 Å². The van der Waals surface area contributed by atoms with Crippen LogP contribution >= 0.6 is 11.8 Å². The van der Waals surface area contributed by atoms with Crippen LogP contribution in [0.5, 0.6) is 0 Å². The second-order valence-electron chi connectivity index (χ2n) is 21.4. The maximum Gasteiger partial charge on any atom is 0.501 e. The number of alkyl halides is 5. The summed E-state index contributed by atoms with van der Waals surface area (Å²) in [4.78, 5) is 31.4. The number of anilines is 2. The number of amides is 2. The van der Waals surface area contributed by atoms with Crippen molar-refractivity contribution in [2.75, 3.05) is 81.4 Å². The van der Waals surface area contributed by atoms with E-state index in [1.807, 2.05) is 35.1 Å². The third-order valence-corrected chi connectivity index (χ3v) is 19.5. The molecule has 1 atom stereocenters. The van der Waals surface area contributed by atoms with E-state index in [4.69, 9.17) is 0 Å². The molecule has 1 unspecified atom stereocenters. The van der Waals surface area contributed by atoms with Crippen LogP contribution in [0.2, 0.25) is 0 Å². The summed E-state index contributed by atoms with van der Waals surface area (Å²) in [6.07, 6.45) is 1.88. The number of carboxylic acid groups (broad SMARTS) is 1. The number of likely N-dealkylation sites (tertiary alicyclic amines) is 2. The first-order valence-electron chi connectivity index (χ1n) is 23.6. The molecule has 0 radical (unpaired) electrons. The standard InChI is InChI=1S/C49H59F5N6O7S3/c1-45(2)16-14-34(39(23-45)47-26-48(27-47,28-47)43(50)51)24-57-18-20-59(21-19-57)36-10-8-33(9-11-36)42(61)56-70(66,67)38-12-13-40(41(22-38)69(64,65)49(52,53)54)55-35(25-68-37-6-4-3-5-7-37)15-17-58-29-46(30-58)31-60(32-46)44(62)63/h3-13,22,35,43,55H,14-21,23-32H2,1-2H3,(H,56,61)(H,62,63). The topological polar surface area (TPSA) is 160 Å². The van der Waals surface area contributed by atoms with E-state index in [9.17, 15) is 53.5 Å². The number of halogens is 5. The maximum atomic E-state index is 14.3. The quantitative estimate of drug-likeness (QED) is 0.0675. The highest BCUT2D eigenvalue weighted by molar-refractivity contribution is 7.99. The molecule has 4 aliphatic carbocycles. The smallest absolute Gasteiger partial charge is 0.465 e. The zero-order valence-corrected chi connectivity index (χ0v) is 41.6. The van der Waals surface area contributed by atoms with Gasteiger partial charge in [0.2, 0.25) is 6.43 Å². The van der Waals surface area contributed by atoms with Crippen molar-refractivity contribution < 1.29 is 53.5 Å². The van der Waals surface area contributed by atoms with Crippen LogP contribution in [0.4, 0.5) is 38.1 Å². The first-order valence-corrected chi connectivity index (χ1v) is 27.6. The zero-order chi connectivity index (χ0) is 50.1. The molecular formula is C49H59F5N6O7S3. The van der Waals surface area contributed by atoms with Crippen molar-refractivity contribution in [2.24, 2.45) is 21.7 Å². The Hall–Kier alpha value is -4.44. The fourth-order valence-corrected chi connectivity index (χ4v) is 14.8. The van der Waals surface area contributed by atoms with Crippen molar-refractivity contribution in [1.29, 1.82) is 0 Å². The van der Waals surface area contributed by atoms with Gasteiger partial charge in [-0.25, -0.2) is 35.1 Å². The number of nitrogens with one attached hydrogen (secondary N) is 2. The monoisotopic (exact) mass is 1030 g/mol. The van der Waals surface area contributed by atoms with Crippen molar-refractivity contribution in [1.82, 2.24) is 19.4 Å². The Morgan fingerprint density at radius 2 is 1.51 bits per heavy atom. The summed E-state index contributed by atoms with van der Waals surface area (Å²) >= 11 is 1.40. The third-order valence-electron chi connectivity index (χ3n) is 15.5. The van der Waals surface area contributed by atoms with Crippen LogP contribution in [0.25, 0.3) is 0 Å². The molecular weight excluding hydrogens is 976 g/mol. The fourth-order valence-electron chi connectivity index (χ4n) is 11.7. The molecule has 70 heavy (non-hydrogen) atoms. The van der Waals surface area contributed by atoms with E-state index in [0.29, 0.717) is 83.3 Å². The minimum absolute atomic E-state index is 0.0438. The molecule has 10 rings (SSSR count). The normalized spacial score (nSPS) is 24.9. The largest absolute Gasteiger partial charge is 0.501 e. The number of carbonyl (C=O) groups excluding carboxylic acids is 1. The highest BCUT2D eigenvalue weighted by Gasteiger charge is 2.73. The van der Waals surface area contributed by atoms with Crippen LogP contribution in [0.1, 0.15) is 69.2 Å². The van der Waals surface area contributed by atoms with Gasteiger partial charge in [-0.2, -0.15) is 13.2 Å². The molecule has 380 valence electrons. The van der Waals surface area contributed by atoms with E-state index in [1.54, 1.807) is 12.1 Å². The van der Waals surface area contributed by atoms with Gasteiger partial charge < -0.3 is 25.1 Å². The lowest BCUT2D eigenvalue weighted by Crippen LogP contribution is -2.72. The first kappa shape index (κ1) is 50.5. The number of hydrogen-bond acceptors (Lipinski definition) is 11. The number of allylic oxidation sites excluding steroid dienone is 1. The van der Waals surface area contributed by atoms with Gasteiger partial charge >= 0.3 is 11.6 Å². The Bertz CT molecular complexity index is 2720. The molecule has 3 saturated heterocycles. The highest BCUT2D eigenvalue weighted by Crippen LogP contribution is 2.79. The molecule has 3 N–H and O–H groups in total. The van der Waals surface area contributed by atoms with E-state index in [2.05, 4.69) is 33.9 Å². The SMILES string of the molecule is CC1(C)CCC(CN2CCN(c3ccc(C(=O)NS(=O)(=O)c4ccc(NC(CCN5CC6(C5)CN(C(=O)O)C6)CSc5ccccc5)c(S(=O)(=O)C(F)(F)F)c4)cc3)CC2)=C(C23CC(C(F)F)(C2)C3)C1. The van der Waals surface area contributed by atoms with Crippen molar-refractivity contribution in [3.63, 3.8) is 0 Å². The van der Waals surface area contributed by atoms with Gasteiger partial charge in [-0.3, -0.25) is 9.69 Å². The summed E-state index contributed by atoms with van der Waals surface area (Å²) in [5.74, 6) is -0.759. The Balaban J connectivity index is 0.840. The van der Waals surface area contributed by atoms with Gasteiger partial charge in [0.05, 0.1) is 10.6 Å². The first-order chi connectivity index (χ1) is 32.9. The molecule has 1 spiro atoms. The molecule has 0 aromatic heterocycles. The van der Waals surface area contributed by atoms with Crippen molar-refractivity contribution in [3.05, 3.63) is 89.5 Å². The summed E-state index contributed by atoms with van der Waals surface area (Å²) in [6, 6.07) is 17.2. The van der Waals surface area contributed by atoms with E-state index in [1.165, 1.54) is 39.9 Å². The number of carbonyl (C=O) groups is 2. The molecule has 6 fully saturated rings. The average molecular weight is 1040 g/mol. The van der Waals surface area contributed by atoms with Gasteiger partial charge in [-0.1, -0.05) is 43.2 Å². The van der Waals surface area contributed by atoms with Gasteiger partial charge in [0.1, 0.15) is 4.90 Å². The fraction of sp³-hybridized carbons (Fsp3) is 0.551. The molecule has 2 bridgehead atoms. The van der Waals surface area contributed by atoms with Gasteiger partial charge in [0.15, 0.2) is 0 Å². The van der Waals surface area contributed by atoms with Gasteiger partial charge in [-0.05, 0) is 110 Å². The van der Waals surface area contributed by atoms with Crippen LogP contribution in [-0.2, 0) is 19.9 Å². The van der Waals surface area contributed by atoms with Gasteiger partial charge in [0.25, 0.3) is 25.8 Å². The Labute approximate surface area is 410 Å². The summed E-state index contributed by atoms with van der Waals surface area (Å²) in [6.45, 7) is 10.8. The number of benzene rings is 3. The van der Waals surface area contributed by atoms with E-state index in [0.717, 1.165) is 61.6 Å². The number of hydrogen-bond donors (Lipinski definition) is 3. The van der Waals surface area contributed by atoms with E-state index < -0.39 is 70.7 Å². The second kappa shape index (κ2) is 18.6. The molecule has 3 heterocycles. The number of sulfone groups is 1. The van der Waals surface area contributed by atoms with E-state index >= 15 is 0 Å². The van der Waals surface area contributed by atoms with Crippen molar-refractivity contribution >= 4 is 55.0 Å². The molecule has 3 aromatic carbocycles. The predicted octanol–water partition coefficient (Wildman–Crippen LogP) is 8.42. The lowest BCUT2D eigenvalue weighted by Gasteiger charge is -2.72. The second-order valence-corrected chi connectivity index (χ2v) is 26.0. The average Bonchev–Trinajstić information content (AvgIpc) is 3.24. The number of sulfonamides is 1. The minimum atomic E-state index is -6.12. The molecule has 3 saturated carbocycles. The van der Waals surface area contributed by atoms with Crippen LogP contribution in [-0.4, -0.2) is 138 Å². The predicted molar refractivity (Wildman–Crippen MR) is 256 cm³/mol. The molecule has 3 aliphatic heterocycles. The Morgan fingerprint density at radius 1 is 0.857 bits per heavy atom. The Kier molecular flexibility index (Phi) is 13.4. The molecule has 3 aromatic rings. The summed E-state index contributed by atoms with van der Waals surface area (Å²) in [5.41, 5.74) is -3.49. The van der Waals surface area contributed by atoms with Crippen LogP contribution in [0.3, 0.4) is 0 Å². The third kappa shape index (κ3) is 10.0. The molecule has 7 aliphatic rings. The summed E-state index contributed by atoms with van der Waals surface area (Å²) < 4.78 is 126. The lowest BCUT2D eigenvalue weighted by molar-refractivity contribution is -0.250. The minimum Gasteiger partial charge on any atom is -0.465 e. The van der Waals surface area contributed by atoms with Crippen LogP contribution in [0, 0.1) is 21.7 Å². The highest BCUT2D eigenvalue weighted by atomic mass is 32.2. The summed E-state index contributed by atoms with van der Waals surface area (Å²) in [7, 11) is -11.0. The number of nitrogens with zero attached hydrogens (tertiary/aromatic N) is 4. The molecule has 13 nitrogen and oxygen atoms in total. The number of rotatable bonds is 17. The number of piperazine rings is 1. The molecule has 21 heteroatoms. The van der Waals surface area contributed by atoms with Crippen molar-refractivity contribution in [2.45, 2.75) is 91.5 Å². The van der Waals surface area contributed by atoms with Gasteiger partial charge in [-0.15, -0.1) is 11.8 Å². The van der Waals surface area contributed by atoms with E-state index in [-0.39, 0.29) is 21.8 Å². The van der Waals surface area contributed by atoms with Crippen LogP contribution in [0.15, 0.2) is 98.6 Å². The zero-order valence-electron chi connectivity index (χ0n) is 39.1. The Morgan fingerprint density at radius 3 is 2.13 bits per heavy atom.